The van der Waals surface area contributed by atoms with Crippen LogP contribution in [0.3, 0.4) is 0 Å². The molecule has 0 spiro atoms. The standard InChI is InChI=1S/C15H22O4Se/c1-3-8-12(16)14(13(17)15(18)19-4-2)20-11-9-6-5-7-10-11/h5-7,9-10,12-14,16-17H,3-4,8H2,1-2H3/t12-,13-,14-/m1/s1. The van der Waals surface area contributed by atoms with E-state index < -0.39 is 23.0 Å². The Morgan fingerprint density at radius 3 is 2.45 bits per heavy atom. The van der Waals surface area contributed by atoms with Gasteiger partial charge in [-0.05, 0) is 0 Å². The van der Waals surface area contributed by atoms with Crippen LogP contribution in [-0.4, -0.2) is 50.0 Å². The van der Waals surface area contributed by atoms with Crippen molar-refractivity contribution in [1.82, 2.24) is 0 Å². The van der Waals surface area contributed by atoms with Crippen molar-refractivity contribution < 1.29 is 19.7 Å². The Balaban J connectivity index is 2.81. The van der Waals surface area contributed by atoms with Gasteiger partial charge in [-0.15, -0.1) is 0 Å². The van der Waals surface area contributed by atoms with Gasteiger partial charge >= 0.3 is 126 Å². The molecule has 0 bridgehead atoms. The Labute approximate surface area is 126 Å². The number of aliphatic hydroxyl groups excluding tert-OH is 2. The maximum atomic E-state index is 11.7. The monoisotopic (exact) mass is 346 g/mol. The second kappa shape index (κ2) is 9.14. The Morgan fingerprint density at radius 2 is 1.90 bits per heavy atom. The van der Waals surface area contributed by atoms with Gasteiger partial charge in [0.25, 0.3) is 0 Å². The number of aliphatic hydroxyl groups is 2. The van der Waals surface area contributed by atoms with E-state index in [0.717, 1.165) is 10.9 Å². The van der Waals surface area contributed by atoms with Crippen LogP contribution in [0.2, 0.25) is 4.82 Å². The average molecular weight is 345 g/mol. The Kier molecular flexibility index (Phi) is 7.85. The van der Waals surface area contributed by atoms with Crippen LogP contribution in [-0.2, 0) is 9.53 Å². The van der Waals surface area contributed by atoms with Crippen molar-refractivity contribution >= 4 is 25.4 Å². The summed E-state index contributed by atoms with van der Waals surface area (Å²) in [5, 5.41) is 20.4. The quantitative estimate of drug-likeness (QED) is 0.543. The van der Waals surface area contributed by atoms with Gasteiger partial charge in [-0.25, -0.2) is 0 Å². The van der Waals surface area contributed by atoms with Crippen molar-refractivity contribution in [3.05, 3.63) is 30.3 Å². The van der Waals surface area contributed by atoms with E-state index in [1.54, 1.807) is 6.92 Å². The summed E-state index contributed by atoms with van der Waals surface area (Å²) in [7, 11) is 0. The zero-order valence-corrected chi connectivity index (χ0v) is 13.6. The molecule has 0 radical (unpaired) electrons. The number of ether oxygens (including phenoxy) is 1. The molecule has 0 saturated carbocycles. The molecule has 0 amide bonds. The SMILES string of the molecule is CCC[C@@H](O)[C@@H]([Se]c1ccccc1)[C@@H](O)C(=O)OCC. The van der Waals surface area contributed by atoms with E-state index in [-0.39, 0.29) is 21.6 Å². The fourth-order valence-electron chi connectivity index (χ4n) is 1.83. The molecule has 0 unspecified atom stereocenters. The van der Waals surface area contributed by atoms with Crippen molar-refractivity contribution in [3.63, 3.8) is 0 Å². The summed E-state index contributed by atoms with van der Waals surface area (Å²) in [5.74, 6) is -0.648. The van der Waals surface area contributed by atoms with E-state index in [0.29, 0.717) is 6.42 Å². The number of benzene rings is 1. The van der Waals surface area contributed by atoms with E-state index in [9.17, 15) is 15.0 Å². The van der Waals surface area contributed by atoms with Crippen LogP contribution in [0.15, 0.2) is 30.3 Å². The van der Waals surface area contributed by atoms with Gasteiger partial charge in [-0.1, -0.05) is 0 Å². The first kappa shape index (κ1) is 17.2. The molecular formula is C15H22O4Se. The van der Waals surface area contributed by atoms with Crippen molar-refractivity contribution in [2.24, 2.45) is 0 Å². The molecule has 20 heavy (non-hydrogen) atoms. The first-order valence-corrected chi connectivity index (χ1v) is 8.69. The zero-order valence-electron chi connectivity index (χ0n) is 11.9. The molecule has 112 valence electrons. The van der Waals surface area contributed by atoms with Gasteiger partial charge in [-0.3, -0.25) is 0 Å². The third-order valence-corrected chi connectivity index (χ3v) is 5.73. The Hall–Kier alpha value is -0.871. The summed E-state index contributed by atoms with van der Waals surface area (Å²) in [4.78, 5) is 11.2. The van der Waals surface area contributed by atoms with Crippen LogP contribution < -0.4 is 4.46 Å². The molecule has 0 saturated heterocycles. The van der Waals surface area contributed by atoms with E-state index in [1.807, 2.05) is 37.3 Å². The molecular weight excluding hydrogens is 323 g/mol. The molecule has 1 rings (SSSR count). The van der Waals surface area contributed by atoms with E-state index in [2.05, 4.69) is 0 Å². The third-order valence-electron chi connectivity index (χ3n) is 2.82. The van der Waals surface area contributed by atoms with Gasteiger partial charge in [0.15, 0.2) is 0 Å². The summed E-state index contributed by atoms with van der Waals surface area (Å²) in [6, 6.07) is 9.64. The molecule has 4 nitrogen and oxygen atoms in total. The number of carbonyl (C=O) groups excluding carboxylic acids is 1. The van der Waals surface area contributed by atoms with E-state index in [4.69, 9.17) is 4.74 Å². The molecule has 1 aromatic carbocycles. The van der Waals surface area contributed by atoms with Crippen LogP contribution in [0.25, 0.3) is 0 Å². The van der Waals surface area contributed by atoms with Crippen LogP contribution in [0, 0.1) is 0 Å². The maximum absolute atomic E-state index is 11.7. The Morgan fingerprint density at radius 1 is 1.25 bits per heavy atom. The predicted octanol–water partition coefficient (Wildman–Crippen LogP) is 0.890. The van der Waals surface area contributed by atoms with Crippen molar-refractivity contribution in [3.8, 4) is 0 Å². The molecule has 2 N–H and O–H groups in total. The number of rotatable bonds is 8. The first-order valence-electron chi connectivity index (χ1n) is 6.84. The average Bonchev–Trinajstić information content (AvgIpc) is 2.45. The van der Waals surface area contributed by atoms with Crippen LogP contribution in [0.1, 0.15) is 26.7 Å². The number of carbonyl (C=O) groups is 1. The van der Waals surface area contributed by atoms with E-state index in [1.165, 1.54) is 0 Å². The molecule has 0 heterocycles. The molecule has 0 fully saturated rings. The second-order valence-electron chi connectivity index (χ2n) is 4.45. The molecule has 0 aromatic heterocycles. The number of esters is 1. The van der Waals surface area contributed by atoms with Crippen LogP contribution in [0.5, 0.6) is 0 Å². The fraction of sp³-hybridized carbons (Fsp3) is 0.533. The van der Waals surface area contributed by atoms with E-state index >= 15 is 0 Å². The molecule has 0 aliphatic rings. The first-order chi connectivity index (χ1) is 9.60. The van der Waals surface area contributed by atoms with Crippen molar-refractivity contribution in [2.45, 2.75) is 43.7 Å². The normalized spacial score (nSPS) is 15.4. The second-order valence-corrected chi connectivity index (χ2v) is 7.07. The molecule has 0 aliphatic carbocycles. The fourth-order valence-corrected chi connectivity index (χ4v) is 4.27. The summed E-state index contributed by atoms with van der Waals surface area (Å²) in [6.07, 6.45) is -0.593. The predicted molar refractivity (Wildman–Crippen MR) is 79.1 cm³/mol. The molecule has 5 heteroatoms. The van der Waals surface area contributed by atoms with Crippen LogP contribution in [0.4, 0.5) is 0 Å². The number of hydrogen-bond donors (Lipinski definition) is 2. The molecule has 0 aliphatic heterocycles. The molecule has 1 aromatic rings. The Bertz CT molecular complexity index is 396. The van der Waals surface area contributed by atoms with Crippen molar-refractivity contribution in [1.29, 1.82) is 0 Å². The van der Waals surface area contributed by atoms with Gasteiger partial charge in [0, 0.05) is 0 Å². The summed E-state index contributed by atoms with van der Waals surface area (Å²) in [5.41, 5.74) is 0. The third kappa shape index (κ3) is 5.25. The van der Waals surface area contributed by atoms with Gasteiger partial charge in [0.05, 0.1) is 0 Å². The topological polar surface area (TPSA) is 66.8 Å². The summed E-state index contributed by atoms with van der Waals surface area (Å²) < 4.78 is 5.91. The van der Waals surface area contributed by atoms with Gasteiger partial charge < -0.3 is 0 Å². The zero-order chi connectivity index (χ0) is 15.0. The van der Waals surface area contributed by atoms with Gasteiger partial charge in [0.1, 0.15) is 0 Å². The minimum atomic E-state index is -1.27. The molecule has 3 atom stereocenters. The summed E-state index contributed by atoms with van der Waals surface area (Å²) >= 11 is -0.192. The number of hydrogen-bond acceptors (Lipinski definition) is 4. The summed E-state index contributed by atoms with van der Waals surface area (Å²) in [6.45, 7) is 3.89. The van der Waals surface area contributed by atoms with Gasteiger partial charge in [0.2, 0.25) is 0 Å². The van der Waals surface area contributed by atoms with Crippen molar-refractivity contribution in [2.75, 3.05) is 6.61 Å². The minimum absolute atomic E-state index is 0.192. The van der Waals surface area contributed by atoms with Crippen LogP contribution >= 0.6 is 0 Å². The van der Waals surface area contributed by atoms with Gasteiger partial charge in [-0.2, -0.15) is 0 Å².